The zero-order chi connectivity index (χ0) is 13.4. The van der Waals surface area contributed by atoms with Crippen molar-refractivity contribution in [2.45, 2.75) is 6.04 Å². The Labute approximate surface area is 123 Å². The fourth-order valence-corrected chi connectivity index (χ4v) is 3.44. The van der Waals surface area contributed by atoms with Gasteiger partial charge in [0, 0.05) is 10.3 Å². The van der Waals surface area contributed by atoms with E-state index >= 15 is 0 Å². The molecule has 0 aliphatic carbocycles. The van der Waals surface area contributed by atoms with E-state index in [-0.39, 0.29) is 6.04 Å². The van der Waals surface area contributed by atoms with Crippen molar-refractivity contribution >= 4 is 45.5 Å². The molecule has 0 saturated carbocycles. The lowest BCUT2D eigenvalue weighted by Gasteiger charge is -2.11. The lowest BCUT2D eigenvalue weighted by Crippen LogP contribution is -2.28. The molecule has 3 rings (SSSR count). The molecule has 3 N–H and O–H groups in total. The van der Waals surface area contributed by atoms with Crippen LogP contribution < -0.4 is 11.3 Å². The third-order valence-corrected chi connectivity index (χ3v) is 4.59. The zero-order valence-electron chi connectivity index (χ0n) is 9.69. The Kier molecular flexibility index (Phi) is 3.52. The number of para-hydroxylation sites is 1. The number of hydrogen-bond donors (Lipinski definition) is 2. The topological polar surface area (TPSA) is 51.2 Å². The predicted octanol–water partition coefficient (Wildman–Crippen LogP) is 4.35. The van der Waals surface area contributed by atoms with Gasteiger partial charge in [-0.1, -0.05) is 35.3 Å². The molecule has 0 amide bonds. The third kappa shape index (κ3) is 2.26. The summed E-state index contributed by atoms with van der Waals surface area (Å²) in [5.41, 5.74) is 3.39. The average Bonchev–Trinajstić information content (AvgIpc) is 2.99. The van der Waals surface area contributed by atoms with Gasteiger partial charge in [0.1, 0.15) is 11.8 Å². The molecular formula is C13H10Cl2N2OS. The van der Waals surface area contributed by atoms with E-state index in [0.29, 0.717) is 21.4 Å². The zero-order valence-corrected chi connectivity index (χ0v) is 12.0. The molecule has 1 unspecified atom stereocenters. The van der Waals surface area contributed by atoms with E-state index in [1.54, 1.807) is 6.07 Å². The summed E-state index contributed by atoms with van der Waals surface area (Å²) in [7, 11) is 0. The van der Waals surface area contributed by atoms with Gasteiger partial charge in [0.15, 0.2) is 5.58 Å². The molecule has 1 atom stereocenters. The standard InChI is InChI=1S/C13H10Cl2N2OS/c14-8-3-1-2-7-6-10(18-12(7)8)11(17-16)13-9(15)4-5-19-13/h1-6,11,17H,16H2. The number of benzene rings is 1. The van der Waals surface area contributed by atoms with Crippen molar-refractivity contribution in [1.29, 1.82) is 0 Å². The summed E-state index contributed by atoms with van der Waals surface area (Å²) in [4.78, 5) is 0.916. The van der Waals surface area contributed by atoms with Gasteiger partial charge < -0.3 is 4.42 Å². The first-order chi connectivity index (χ1) is 9.20. The van der Waals surface area contributed by atoms with Gasteiger partial charge in [-0.05, 0) is 23.6 Å². The van der Waals surface area contributed by atoms with Crippen molar-refractivity contribution in [3.63, 3.8) is 0 Å². The molecule has 0 radical (unpaired) electrons. The molecule has 98 valence electrons. The highest BCUT2D eigenvalue weighted by molar-refractivity contribution is 7.10. The van der Waals surface area contributed by atoms with Gasteiger partial charge in [0.2, 0.25) is 0 Å². The number of halogens is 2. The smallest absolute Gasteiger partial charge is 0.152 e. The van der Waals surface area contributed by atoms with Gasteiger partial charge in [-0.25, -0.2) is 5.43 Å². The first-order valence-corrected chi connectivity index (χ1v) is 7.21. The van der Waals surface area contributed by atoms with Crippen molar-refractivity contribution < 1.29 is 4.42 Å². The number of rotatable bonds is 3. The van der Waals surface area contributed by atoms with Crippen LogP contribution >= 0.6 is 34.5 Å². The molecule has 19 heavy (non-hydrogen) atoms. The highest BCUT2D eigenvalue weighted by atomic mass is 35.5. The largest absolute Gasteiger partial charge is 0.457 e. The first-order valence-electron chi connectivity index (χ1n) is 5.57. The van der Waals surface area contributed by atoms with Crippen LogP contribution in [-0.2, 0) is 0 Å². The Morgan fingerprint density at radius 1 is 1.21 bits per heavy atom. The van der Waals surface area contributed by atoms with Gasteiger partial charge in [-0.15, -0.1) is 11.3 Å². The summed E-state index contributed by atoms with van der Waals surface area (Å²) in [6, 6.07) is 9.09. The van der Waals surface area contributed by atoms with E-state index in [1.165, 1.54) is 11.3 Å². The molecule has 2 aromatic heterocycles. The normalized spacial score (nSPS) is 13.0. The molecular weight excluding hydrogens is 303 g/mol. The molecule has 6 heteroatoms. The van der Waals surface area contributed by atoms with Gasteiger partial charge in [-0.3, -0.25) is 5.84 Å². The minimum absolute atomic E-state index is 0.282. The average molecular weight is 313 g/mol. The summed E-state index contributed by atoms with van der Waals surface area (Å²) in [5, 5.41) is 4.10. The van der Waals surface area contributed by atoms with E-state index in [4.69, 9.17) is 33.5 Å². The van der Waals surface area contributed by atoms with E-state index in [1.807, 2.05) is 29.6 Å². The summed E-state index contributed by atoms with van der Waals surface area (Å²) < 4.78 is 5.80. The van der Waals surface area contributed by atoms with Crippen LogP contribution in [0.5, 0.6) is 0 Å². The van der Waals surface area contributed by atoms with Crippen LogP contribution in [0, 0.1) is 0 Å². The maximum absolute atomic E-state index is 6.14. The second-order valence-electron chi connectivity index (χ2n) is 4.04. The number of hydrogen-bond acceptors (Lipinski definition) is 4. The van der Waals surface area contributed by atoms with Crippen LogP contribution in [0.1, 0.15) is 16.7 Å². The Hall–Kier alpha value is -1.04. The number of hydrazine groups is 1. The molecule has 0 spiro atoms. The van der Waals surface area contributed by atoms with Crippen molar-refractivity contribution in [3.05, 3.63) is 56.4 Å². The monoisotopic (exact) mass is 312 g/mol. The minimum atomic E-state index is -0.282. The summed E-state index contributed by atoms with van der Waals surface area (Å²) in [6.45, 7) is 0. The molecule has 3 nitrogen and oxygen atoms in total. The van der Waals surface area contributed by atoms with Crippen LogP contribution in [0.4, 0.5) is 0 Å². The molecule has 1 aromatic carbocycles. The number of nitrogens with one attached hydrogen (secondary N) is 1. The van der Waals surface area contributed by atoms with E-state index in [9.17, 15) is 0 Å². The van der Waals surface area contributed by atoms with Gasteiger partial charge in [0.25, 0.3) is 0 Å². The lowest BCUT2D eigenvalue weighted by molar-refractivity contribution is 0.481. The Morgan fingerprint density at radius 2 is 2.05 bits per heavy atom. The second kappa shape index (κ2) is 5.15. The van der Waals surface area contributed by atoms with Crippen LogP contribution in [0.3, 0.4) is 0 Å². The Morgan fingerprint density at radius 3 is 2.68 bits per heavy atom. The summed E-state index contributed by atoms with van der Waals surface area (Å²) >= 11 is 13.8. The lowest BCUT2D eigenvalue weighted by atomic mass is 10.2. The highest BCUT2D eigenvalue weighted by Crippen LogP contribution is 2.36. The van der Waals surface area contributed by atoms with E-state index in [0.717, 1.165) is 10.3 Å². The quantitative estimate of drug-likeness (QED) is 0.558. The molecule has 3 aromatic rings. The Balaban J connectivity index is 2.12. The Bertz CT molecular complexity index is 722. The van der Waals surface area contributed by atoms with Crippen molar-refractivity contribution in [1.82, 2.24) is 5.43 Å². The molecule has 2 heterocycles. The first kappa shape index (κ1) is 13.0. The number of thiophene rings is 1. The van der Waals surface area contributed by atoms with Crippen molar-refractivity contribution in [2.24, 2.45) is 5.84 Å². The van der Waals surface area contributed by atoms with Crippen LogP contribution in [0.15, 0.2) is 40.1 Å². The van der Waals surface area contributed by atoms with Crippen LogP contribution in [0.2, 0.25) is 10.0 Å². The molecule has 0 fully saturated rings. The summed E-state index contributed by atoms with van der Waals surface area (Å²) in [5.74, 6) is 6.32. The minimum Gasteiger partial charge on any atom is -0.457 e. The van der Waals surface area contributed by atoms with E-state index < -0.39 is 0 Å². The number of furan rings is 1. The predicted molar refractivity (Wildman–Crippen MR) is 79.7 cm³/mol. The maximum atomic E-state index is 6.14. The SMILES string of the molecule is NNC(c1cc2cccc(Cl)c2o1)c1sccc1Cl. The number of fused-ring (bicyclic) bond motifs is 1. The molecule has 0 aliphatic heterocycles. The fourth-order valence-electron chi connectivity index (χ4n) is 1.99. The van der Waals surface area contributed by atoms with Crippen molar-refractivity contribution in [2.75, 3.05) is 0 Å². The van der Waals surface area contributed by atoms with E-state index in [2.05, 4.69) is 5.43 Å². The van der Waals surface area contributed by atoms with Crippen LogP contribution in [-0.4, -0.2) is 0 Å². The second-order valence-corrected chi connectivity index (χ2v) is 5.80. The number of nitrogens with two attached hydrogens (primary N) is 1. The fraction of sp³-hybridized carbons (Fsp3) is 0.0769. The maximum Gasteiger partial charge on any atom is 0.152 e. The molecule has 0 bridgehead atoms. The molecule has 0 aliphatic rings. The molecule has 0 saturated heterocycles. The van der Waals surface area contributed by atoms with Crippen molar-refractivity contribution in [3.8, 4) is 0 Å². The summed E-state index contributed by atoms with van der Waals surface area (Å²) in [6.07, 6.45) is 0. The third-order valence-electron chi connectivity index (χ3n) is 2.87. The van der Waals surface area contributed by atoms with Gasteiger partial charge in [0.05, 0.1) is 10.0 Å². The van der Waals surface area contributed by atoms with Gasteiger partial charge >= 0.3 is 0 Å². The van der Waals surface area contributed by atoms with Gasteiger partial charge in [-0.2, -0.15) is 0 Å². The highest BCUT2D eigenvalue weighted by Gasteiger charge is 2.21. The van der Waals surface area contributed by atoms with Crippen LogP contribution in [0.25, 0.3) is 11.0 Å².